The highest BCUT2D eigenvalue weighted by atomic mass is 35.5. The Hall–Kier alpha value is -1.65. The highest BCUT2D eigenvalue weighted by molar-refractivity contribution is 6.33. The monoisotopic (exact) mass is 263 g/mol. The molecular weight excluding hydrogens is 250 g/mol. The number of aromatic nitrogens is 2. The van der Waals surface area contributed by atoms with Crippen LogP contribution in [0.2, 0.25) is 5.02 Å². The Kier molecular flexibility index (Phi) is 3.79. The zero-order valence-corrected chi connectivity index (χ0v) is 11.0. The summed E-state index contributed by atoms with van der Waals surface area (Å²) in [7, 11) is 1.56. The van der Waals surface area contributed by atoms with Crippen molar-refractivity contribution in [2.75, 3.05) is 7.11 Å². The van der Waals surface area contributed by atoms with E-state index >= 15 is 0 Å². The van der Waals surface area contributed by atoms with Gasteiger partial charge in [0.25, 0.3) is 0 Å². The Morgan fingerprint density at radius 1 is 1.28 bits per heavy atom. The van der Waals surface area contributed by atoms with E-state index in [4.69, 9.17) is 22.1 Å². The minimum atomic E-state index is -0.263. The zero-order valence-electron chi connectivity index (χ0n) is 10.2. The van der Waals surface area contributed by atoms with Crippen molar-refractivity contribution in [3.63, 3.8) is 0 Å². The van der Waals surface area contributed by atoms with E-state index in [0.717, 1.165) is 5.56 Å². The SMILES string of the molecule is COc1cc(-c2ccccc2Cl)nc(C(C)N)n1. The van der Waals surface area contributed by atoms with Crippen LogP contribution in [0.1, 0.15) is 18.8 Å². The van der Waals surface area contributed by atoms with Gasteiger partial charge in [-0.15, -0.1) is 0 Å². The lowest BCUT2D eigenvalue weighted by Crippen LogP contribution is -2.11. The summed E-state index contributed by atoms with van der Waals surface area (Å²) in [5.74, 6) is 1.01. The van der Waals surface area contributed by atoms with Crippen LogP contribution in [-0.2, 0) is 0 Å². The Labute approximate surface area is 111 Å². The van der Waals surface area contributed by atoms with E-state index in [9.17, 15) is 0 Å². The molecule has 0 spiro atoms. The van der Waals surface area contributed by atoms with Crippen LogP contribution in [0.25, 0.3) is 11.3 Å². The molecule has 94 valence electrons. The molecule has 1 atom stereocenters. The largest absolute Gasteiger partial charge is 0.481 e. The number of hydrogen-bond acceptors (Lipinski definition) is 4. The summed E-state index contributed by atoms with van der Waals surface area (Å²) in [6, 6.07) is 8.97. The summed E-state index contributed by atoms with van der Waals surface area (Å²) in [6.45, 7) is 1.82. The Balaban J connectivity index is 2.57. The molecule has 18 heavy (non-hydrogen) atoms. The van der Waals surface area contributed by atoms with Gasteiger partial charge in [-0.25, -0.2) is 4.98 Å². The van der Waals surface area contributed by atoms with Gasteiger partial charge >= 0.3 is 0 Å². The van der Waals surface area contributed by atoms with Crippen LogP contribution in [0.5, 0.6) is 5.88 Å². The van der Waals surface area contributed by atoms with Crippen LogP contribution in [0.15, 0.2) is 30.3 Å². The van der Waals surface area contributed by atoms with Crippen LogP contribution >= 0.6 is 11.6 Å². The van der Waals surface area contributed by atoms with Gasteiger partial charge in [-0.3, -0.25) is 0 Å². The minimum Gasteiger partial charge on any atom is -0.481 e. The van der Waals surface area contributed by atoms with Crippen molar-refractivity contribution in [3.8, 4) is 17.1 Å². The maximum atomic E-state index is 6.15. The van der Waals surface area contributed by atoms with Crippen LogP contribution in [0.3, 0.4) is 0 Å². The number of nitrogens with zero attached hydrogens (tertiary/aromatic N) is 2. The van der Waals surface area contributed by atoms with Gasteiger partial charge < -0.3 is 10.5 Å². The Morgan fingerprint density at radius 3 is 2.61 bits per heavy atom. The molecule has 0 saturated carbocycles. The van der Waals surface area contributed by atoms with Crippen molar-refractivity contribution in [2.24, 2.45) is 5.73 Å². The average Bonchev–Trinajstić information content (AvgIpc) is 2.38. The number of hydrogen-bond donors (Lipinski definition) is 1. The van der Waals surface area contributed by atoms with E-state index in [1.807, 2.05) is 31.2 Å². The molecule has 4 nitrogen and oxygen atoms in total. The molecule has 0 aliphatic rings. The standard InChI is InChI=1S/C13H14ClN3O/c1-8(15)13-16-11(7-12(17-13)18-2)9-5-3-4-6-10(9)14/h3-8H,15H2,1-2H3. The second kappa shape index (κ2) is 5.33. The highest BCUT2D eigenvalue weighted by Crippen LogP contribution is 2.28. The molecule has 0 aliphatic heterocycles. The van der Waals surface area contributed by atoms with E-state index in [0.29, 0.717) is 22.4 Å². The number of benzene rings is 1. The van der Waals surface area contributed by atoms with Crippen LogP contribution in [0.4, 0.5) is 0 Å². The number of halogens is 1. The topological polar surface area (TPSA) is 61.0 Å². The van der Waals surface area contributed by atoms with E-state index in [1.54, 1.807) is 13.2 Å². The zero-order chi connectivity index (χ0) is 13.1. The van der Waals surface area contributed by atoms with Gasteiger partial charge in [-0.2, -0.15) is 4.98 Å². The summed E-state index contributed by atoms with van der Waals surface area (Å²) >= 11 is 6.15. The lowest BCUT2D eigenvalue weighted by molar-refractivity contribution is 0.394. The third-order valence-corrected chi connectivity index (χ3v) is 2.82. The van der Waals surface area contributed by atoms with Crippen molar-refractivity contribution < 1.29 is 4.74 Å². The molecule has 5 heteroatoms. The fraction of sp³-hybridized carbons (Fsp3) is 0.231. The van der Waals surface area contributed by atoms with E-state index in [-0.39, 0.29) is 6.04 Å². The maximum absolute atomic E-state index is 6.15. The molecule has 1 unspecified atom stereocenters. The first-order valence-electron chi connectivity index (χ1n) is 5.55. The average molecular weight is 264 g/mol. The minimum absolute atomic E-state index is 0.263. The smallest absolute Gasteiger partial charge is 0.216 e. The van der Waals surface area contributed by atoms with Gasteiger partial charge in [0.2, 0.25) is 5.88 Å². The third kappa shape index (κ3) is 2.60. The van der Waals surface area contributed by atoms with Crippen LogP contribution < -0.4 is 10.5 Å². The molecule has 1 aromatic heterocycles. The number of methoxy groups -OCH3 is 1. The van der Waals surface area contributed by atoms with E-state index < -0.39 is 0 Å². The summed E-state index contributed by atoms with van der Waals surface area (Å²) in [4.78, 5) is 8.62. The summed E-state index contributed by atoms with van der Waals surface area (Å²) in [5, 5.41) is 0.633. The molecule has 0 bridgehead atoms. The number of ether oxygens (including phenoxy) is 1. The second-order valence-electron chi connectivity index (χ2n) is 3.92. The second-order valence-corrected chi connectivity index (χ2v) is 4.33. The molecule has 1 aromatic carbocycles. The van der Waals surface area contributed by atoms with Crippen molar-refractivity contribution in [1.82, 2.24) is 9.97 Å². The first-order valence-corrected chi connectivity index (χ1v) is 5.93. The lowest BCUT2D eigenvalue weighted by Gasteiger charge is -2.10. The van der Waals surface area contributed by atoms with Gasteiger partial charge in [0.15, 0.2) is 0 Å². The molecule has 0 amide bonds. The molecule has 0 saturated heterocycles. The van der Waals surface area contributed by atoms with Crippen LogP contribution in [0, 0.1) is 0 Å². The van der Waals surface area contributed by atoms with Gasteiger partial charge in [-0.1, -0.05) is 29.8 Å². The maximum Gasteiger partial charge on any atom is 0.216 e. The molecule has 1 heterocycles. The summed E-state index contributed by atoms with van der Waals surface area (Å²) in [5.41, 5.74) is 7.35. The normalized spacial score (nSPS) is 12.2. The lowest BCUT2D eigenvalue weighted by atomic mass is 10.1. The predicted molar refractivity (Wildman–Crippen MR) is 71.6 cm³/mol. The number of rotatable bonds is 3. The summed E-state index contributed by atoms with van der Waals surface area (Å²) in [6.07, 6.45) is 0. The van der Waals surface area contributed by atoms with Gasteiger partial charge in [-0.05, 0) is 13.0 Å². The summed E-state index contributed by atoms with van der Waals surface area (Å²) < 4.78 is 5.16. The Morgan fingerprint density at radius 2 is 2.00 bits per heavy atom. The van der Waals surface area contributed by atoms with Crippen molar-refractivity contribution in [3.05, 3.63) is 41.2 Å². The number of nitrogens with two attached hydrogens (primary N) is 1. The molecule has 0 aliphatic carbocycles. The molecular formula is C13H14ClN3O. The quantitative estimate of drug-likeness (QED) is 0.925. The van der Waals surface area contributed by atoms with Crippen molar-refractivity contribution >= 4 is 11.6 Å². The first kappa shape index (κ1) is 12.8. The molecule has 2 aromatic rings. The first-order chi connectivity index (χ1) is 8.61. The fourth-order valence-electron chi connectivity index (χ4n) is 1.56. The predicted octanol–water partition coefficient (Wildman–Crippen LogP) is 2.83. The van der Waals surface area contributed by atoms with Gasteiger partial charge in [0.1, 0.15) is 5.82 Å². The van der Waals surface area contributed by atoms with Gasteiger partial charge in [0, 0.05) is 16.7 Å². The fourth-order valence-corrected chi connectivity index (χ4v) is 1.79. The van der Waals surface area contributed by atoms with Crippen molar-refractivity contribution in [1.29, 1.82) is 0 Å². The molecule has 0 fully saturated rings. The molecule has 0 radical (unpaired) electrons. The van der Waals surface area contributed by atoms with Crippen LogP contribution in [-0.4, -0.2) is 17.1 Å². The van der Waals surface area contributed by atoms with Crippen molar-refractivity contribution in [2.45, 2.75) is 13.0 Å². The van der Waals surface area contributed by atoms with E-state index in [2.05, 4.69) is 9.97 Å². The highest BCUT2D eigenvalue weighted by Gasteiger charge is 2.11. The third-order valence-electron chi connectivity index (χ3n) is 2.49. The molecule has 2 rings (SSSR count). The Bertz CT molecular complexity index is 558. The molecule has 2 N–H and O–H groups in total. The van der Waals surface area contributed by atoms with E-state index in [1.165, 1.54) is 0 Å². The van der Waals surface area contributed by atoms with Gasteiger partial charge in [0.05, 0.1) is 18.8 Å².